The fourth-order valence-electron chi connectivity index (χ4n) is 1.64. The third kappa shape index (κ3) is 1.66. The summed E-state index contributed by atoms with van der Waals surface area (Å²) in [6.45, 7) is 0. The standard InChI is InChI=1S/C9H11BrN2O2S/c1-11-6-15(13,14)9-7(10)4-3-5-8(9)12(11)2/h3-5H,6H2,1-2H3. The minimum atomic E-state index is -3.22. The van der Waals surface area contributed by atoms with Gasteiger partial charge in [-0.15, -0.1) is 0 Å². The molecule has 4 nitrogen and oxygen atoms in total. The van der Waals surface area contributed by atoms with Gasteiger partial charge in [0.15, 0.2) is 9.84 Å². The van der Waals surface area contributed by atoms with Crippen LogP contribution in [0.4, 0.5) is 5.69 Å². The maximum Gasteiger partial charge on any atom is 0.196 e. The predicted molar refractivity (Wildman–Crippen MR) is 62.4 cm³/mol. The Morgan fingerprint density at radius 3 is 2.67 bits per heavy atom. The van der Waals surface area contributed by atoms with Gasteiger partial charge in [-0.3, -0.25) is 0 Å². The third-order valence-corrected chi connectivity index (χ3v) is 5.16. The van der Waals surface area contributed by atoms with Crippen molar-refractivity contribution in [3.05, 3.63) is 22.7 Å². The molecule has 1 heterocycles. The van der Waals surface area contributed by atoms with Crippen LogP contribution < -0.4 is 5.01 Å². The molecule has 82 valence electrons. The van der Waals surface area contributed by atoms with Gasteiger partial charge in [0.25, 0.3) is 0 Å². The number of halogens is 1. The van der Waals surface area contributed by atoms with Gasteiger partial charge in [0.1, 0.15) is 10.8 Å². The molecule has 0 saturated carbocycles. The molecule has 0 unspecified atom stereocenters. The summed E-state index contributed by atoms with van der Waals surface area (Å²) in [7, 11) is 0.381. The lowest BCUT2D eigenvalue weighted by molar-refractivity contribution is 0.359. The lowest BCUT2D eigenvalue weighted by Gasteiger charge is -2.35. The molecule has 1 aromatic rings. The lowest BCUT2D eigenvalue weighted by Crippen LogP contribution is -2.44. The minimum Gasteiger partial charge on any atom is -0.307 e. The Hall–Kier alpha value is -0.590. The van der Waals surface area contributed by atoms with Crippen molar-refractivity contribution in [1.29, 1.82) is 0 Å². The van der Waals surface area contributed by atoms with Crippen molar-refractivity contribution in [2.24, 2.45) is 0 Å². The summed E-state index contributed by atoms with van der Waals surface area (Å²) in [5, 5.41) is 3.51. The highest BCUT2D eigenvalue weighted by atomic mass is 79.9. The normalized spacial score (nSPS) is 20.1. The summed E-state index contributed by atoms with van der Waals surface area (Å²) < 4.78 is 24.5. The summed E-state index contributed by atoms with van der Waals surface area (Å²) in [5.74, 6) is 0.0130. The first-order valence-electron chi connectivity index (χ1n) is 4.39. The second-order valence-corrected chi connectivity index (χ2v) is 6.26. The fourth-order valence-corrected chi connectivity index (χ4v) is 4.41. The van der Waals surface area contributed by atoms with E-state index >= 15 is 0 Å². The molecule has 0 bridgehead atoms. The Morgan fingerprint density at radius 1 is 1.33 bits per heavy atom. The van der Waals surface area contributed by atoms with E-state index in [1.165, 1.54) is 0 Å². The van der Waals surface area contributed by atoms with Crippen molar-refractivity contribution >= 4 is 31.5 Å². The van der Waals surface area contributed by atoms with Crippen LogP contribution in [0.25, 0.3) is 0 Å². The summed E-state index contributed by atoms with van der Waals surface area (Å²) in [5.41, 5.74) is 0.707. The molecule has 0 atom stereocenters. The minimum absolute atomic E-state index is 0.0130. The number of hydrogen-bond donors (Lipinski definition) is 0. The molecule has 0 N–H and O–H groups in total. The molecular formula is C9H11BrN2O2S. The zero-order valence-electron chi connectivity index (χ0n) is 8.44. The van der Waals surface area contributed by atoms with Gasteiger partial charge in [0.2, 0.25) is 0 Å². The monoisotopic (exact) mass is 290 g/mol. The molecular weight excluding hydrogens is 280 g/mol. The van der Waals surface area contributed by atoms with Crippen molar-refractivity contribution in [3.63, 3.8) is 0 Å². The van der Waals surface area contributed by atoms with Crippen LogP contribution in [-0.4, -0.2) is 33.4 Å². The number of rotatable bonds is 0. The van der Waals surface area contributed by atoms with E-state index in [1.807, 2.05) is 18.1 Å². The van der Waals surface area contributed by atoms with Crippen LogP contribution in [0.15, 0.2) is 27.6 Å². The van der Waals surface area contributed by atoms with Crippen molar-refractivity contribution in [2.45, 2.75) is 4.90 Å². The quantitative estimate of drug-likeness (QED) is 0.726. The SMILES string of the molecule is CN1CS(=O)(=O)c2c(Br)cccc2N1C. The van der Waals surface area contributed by atoms with Crippen molar-refractivity contribution in [2.75, 3.05) is 25.0 Å². The third-order valence-electron chi connectivity index (χ3n) is 2.47. The Kier molecular flexibility index (Phi) is 2.52. The molecule has 0 saturated heterocycles. The number of sulfone groups is 1. The molecule has 0 amide bonds. The van der Waals surface area contributed by atoms with E-state index < -0.39 is 9.84 Å². The van der Waals surface area contributed by atoms with E-state index in [-0.39, 0.29) is 5.88 Å². The van der Waals surface area contributed by atoms with Gasteiger partial charge >= 0.3 is 0 Å². The number of hydrogen-bond acceptors (Lipinski definition) is 4. The highest BCUT2D eigenvalue weighted by Gasteiger charge is 2.31. The van der Waals surface area contributed by atoms with Crippen molar-refractivity contribution in [1.82, 2.24) is 5.01 Å². The summed E-state index contributed by atoms with van der Waals surface area (Å²) in [6.07, 6.45) is 0. The molecule has 0 fully saturated rings. The zero-order chi connectivity index (χ0) is 11.2. The van der Waals surface area contributed by atoms with Gasteiger partial charge in [-0.25, -0.2) is 13.4 Å². The molecule has 1 aromatic carbocycles. The molecule has 1 aliphatic rings. The molecule has 0 aromatic heterocycles. The van der Waals surface area contributed by atoms with E-state index in [4.69, 9.17) is 0 Å². The topological polar surface area (TPSA) is 40.6 Å². The number of fused-ring (bicyclic) bond motifs is 1. The lowest BCUT2D eigenvalue weighted by atomic mass is 10.3. The average molecular weight is 291 g/mol. The van der Waals surface area contributed by atoms with Gasteiger partial charge in [-0.1, -0.05) is 6.07 Å². The maximum atomic E-state index is 12.0. The molecule has 0 aliphatic carbocycles. The molecule has 15 heavy (non-hydrogen) atoms. The second kappa shape index (κ2) is 3.47. The number of anilines is 1. The number of nitrogens with zero attached hydrogens (tertiary/aromatic N) is 2. The van der Waals surface area contributed by atoms with Crippen LogP contribution in [0.3, 0.4) is 0 Å². The Morgan fingerprint density at radius 2 is 2.00 bits per heavy atom. The van der Waals surface area contributed by atoms with Gasteiger partial charge in [-0.05, 0) is 28.1 Å². The summed E-state index contributed by atoms with van der Waals surface area (Å²) in [6, 6.07) is 5.37. The fraction of sp³-hybridized carbons (Fsp3) is 0.333. The Balaban J connectivity index is 2.76. The number of hydrazine groups is 1. The predicted octanol–water partition coefficient (Wildman–Crippen LogP) is 1.48. The van der Waals surface area contributed by atoms with Crippen molar-refractivity contribution in [3.8, 4) is 0 Å². The maximum absolute atomic E-state index is 12.0. The smallest absolute Gasteiger partial charge is 0.196 e. The van der Waals surface area contributed by atoms with Gasteiger partial charge in [0.05, 0.1) is 5.69 Å². The zero-order valence-corrected chi connectivity index (χ0v) is 10.8. The molecule has 1 aliphatic heterocycles. The Labute approximate surface area is 97.5 Å². The first kappa shape index (κ1) is 10.9. The van der Waals surface area contributed by atoms with E-state index in [1.54, 1.807) is 24.2 Å². The first-order valence-corrected chi connectivity index (χ1v) is 6.84. The van der Waals surface area contributed by atoms with E-state index in [2.05, 4.69) is 15.9 Å². The molecule has 0 radical (unpaired) electrons. The second-order valence-electron chi connectivity index (χ2n) is 3.51. The highest BCUT2D eigenvalue weighted by Crippen LogP contribution is 2.36. The van der Waals surface area contributed by atoms with Crippen molar-refractivity contribution < 1.29 is 8.42 Å². The summed E-state index contributed by atoms with van der Waals surface area (Å²) in [4.78, 5) is 0.380. The Bertz CT molecular complexity index is 501. The van der Waals surface area contributed by atoms with Crippen LogP contribution in [0.2, 0.25) is 0 Å². The van der Waals surface area contributed by atoms with Gasteiger partial charge in [-0.2, -0.15) is 0 Å². The van der Waals surface area contributed by atoms with Crippen LogP contribution in [0, 0.1) is 0 Å². The highest BCUT2D eigenvalue weighted by molar-refractivity contribution is 9.10. The van der Waals surface area contributed by atoms with E-state index in [0.717, 1.165) is 0 Å². The van der Waals surface area contributed by atoms with Gasteiger partial charge in [0, 0.05) is 18.6 Å². The largest absolute Gasteiger partial charge is 0.307 e. The van der Waals surface area contributed by atoms with E-state index in [0.29, 0.717) is 15.1 Å². The van der Waals surface area contributed by atoms with Crippen LogP contribution in [0.5, 0.6) is 0 Å². The van der Waals surface area contributed by atoms with Crippen LogP contribution >= 0.6 is 15.9 Å². The van der Waals surface area contributed by atoms with Crippen LogP contribution in [-0.2, 0) is 9.84 Å². The number of benzene rings is 1. The summed E-state index contributed by atoms with van der Waals surface area (Å²) >= 11 is 3.28. The molecule has 6 heteroatoms. The average Bonchev–Trinajstić information content (AvgIpc) is 2.13. The molecule has 0 spiro atoms. The van der Waals surface area contributed by atoms with E-state index in [9.17, 15) is 8.42 Å². The van der Waals surface area contributed by atoms with Gasteiger partial charge < -0.3 is 5.01 Å². The molecule has 2 rings (SSSR count). The van der Waals surface area contributed by atoms with Crippen LogP contribution in [0.1, 0.15) is 0 Å². The first-order chi connectivity index (χ1) is 6.93.